The number of terminal acetylenes is 1. The van der Waals surface area contributed by atoms with E-state index < -0.39 is 47.6 Å². The number of halogens is 3. The topological polar surface area (TPSA) is 83.8 Å². The van der Waals surface area contributed by atoms with Gasteiger partial charge in [-0.25, -0.2) is 14.0 Å². The average Bonchev–Trinajstić information content (AvgIpc) is 2.43. The van der Waals surface area contributed by atoms with Crippen molar-refractivity contribution in [2.45, 2.75) is 25.3 Å². The van der Waals surface area contributed by atoms with Crippen LogP contribution in [0.2, 0.25) is 0 Å². The molecule has 20 heavy (non-hydrogen) atoms. The lowest BCUT2D eigenvalue weighted by Crippen LogP contribution is -2.32. The van der Waals surface area contributed by atoms with Gasteiger partial charge in [0.1, 0.15) is 6.61 Å². The van der Waals surface area contributed by atoms with Crippen LogP contribution in [0.15, 0.2) is 11.6 Å². The Bertz CT molecular complexity index is 403. The molecule has 0 radical (unpaired) electrons. The molecular weight excluding hydrogens is 301 g/mol. The SMILES string of the molecule is C#C/C=C(/C(=O)O)C(=O)OCC(F)C(F)(F)SO.CC. The summed E-state index contributed by atoms with van der Waals surface area (Å²) in [5, 5.41) is 4.33. The number of carbonyl (C=O) groups excluding carboxylic acids is 1. The number of allylic oxidation sites excluding steroid dienone is 1. The van der Waals surface area contributed by atoms with Crippen LogP contribution in [0.5, 0.6) is 0 Å². The Balaban J connectivity index is 0. The van der Waals surface area contributed by atoms with E-state index in [0.29, 0.717) is 6.08 Å². The highest BCUT2D eigenvalue weighted by molar-refractivity contribution is 7.94. The fourth-order valence-electron chi connectivity index (χ4n) is 0.672. The highest BCUT2D eigenvalue weighted by Gasteiger charge is 2.42. The molecule has 0 aliphatic rings. The van der Waals surface area contributed by atoms with Crippen LogP contribution in [0.3, 0.4) is 0 Å². The summed E-state index contributed by atoms with van der Waals surface area (Å²) < 4.78 is 49.8. The Hall–Kier alpha value is -1.66. The second-order valence-electron chi connectivity index (χ2n) is 2.75. The molecule has 0 rings (SSSR count). The Labute approximate surface area is 118 Å². The molecule has 0 aliphatic heterocycles. The Morgan fingerprint density at radius 3 is 2.35 bits per heavy atom. The van der Waals surface area contributed by atoms with Crippen LogP contribution >= 0.6 is 12.0 Å². The third-order valence-electron chi connectivity index (χ3n) is 1.53. The molecule has 9 heteroatoms. The van der Waals surface area contributed by atoms with Crippen LogP contribution < -0.4 is 0 Å². The van der Waals surface area contributed by atoms with E-state index in [1.54, 1.807) is 5.92 Å². The van der Waals surface area contributed by atoms with Crippen LogP contribution in [0.1, 0.15) is 13.8 Å². The first-order valence-electron chi connectivity index (χ1n) is 5.17. The van der Waals surface area contributed by atoms with Crippen molar-refractivity contribution in [1.29, 1.82) is 0 Å². The Kier molecular flexibility index (Phi) is 10.5. The molecule has 1 atom stereocenters. The maximum Gasteiger partial charge on any atom is 0.351 e. The minimum atomic E-state index is -4.17. The number of rotatable bonds is 6. The molecule has 5 nitrogen and oxygen atoms in total. The fraction of sp³-hybridized carbons (Fsp3) is 0.455. The van der Waals surface area contributed by atoms with Crippen molar-refractivity contribution < 1.29 is 37.2 Å². The number of carboxylic acid groups (broad SMARTS) is 1. The van der Waals surface area contributed by atoms with Crippen molar-refractivity contribution >= 4 is 24.0 Å². The first-order valence-corrected chi connectivity index (χ1v) is 5.94. The smallest absolute Gasteiger partial charge is 0.351 e. The number of esters is 1. The second-order valence-corrected chi connectivity index (χ2v) is 3.48. The lowest BCUT2D eigenvalue weighted by Gasteiger charge is -2.16. The number of alkyl halides is 3. The first-order chi connectivity index (χ1) is 9.26. The molecule has 0 spiro atoms. The van der Waals surface area contributed by atoms with E-state index in [2.05, 4.69) is 4.74 Å². The zero-order valence-electron chi connectivity index (χ0n) is 10.6. The fourth-order valence-corrected chi connectivity index (χ4v) is 0.855. The number of carbonyl (C=O) groups is 2. The van der Waals surface area contributed by atoms with Crippen molar-refractivity contribution in [3.63, 3.8) is 0 Å². The summed E-state index contributed by atoms with van der Waals surface area (Å²) >= 11 is -1.05. The molecule has 114 valence electrons. The molecule has 0 saturated carbocycles. The number of hydrogen-bond acceptors (Lipinski definition) is 5. The van der Waals surface area contributed by atoms with Gasteiger partial charge in [0.05, 0.1) is 12.0 Å². The van der Waals surface area contributed by atoms with Crippen molar-refractivity contribution in [2.24, 2.45) is 0 Å². The molecule has 0 bridgehead atoms. The molecule has 0 saturated heterocycles. The van der Waals surface area contributed by atoms with Crippen molar-refractivity contribution in [2.75, 3.05) is 6.61 Å². The van der Waals surface area contributed by atoms with Gasteiger partial charge in [-0.3, -0.25) is 0 Å². The number of carboxylic acids is 1. The molecule has 0 heterocycles. The normalized spacial score (nSPS) is 12.6. The second kappa shape index (κ2) is 10.2. The van der Waals surface area contributed by atoms with Gasteiger partial charge >= 0.3 is 17.2 Å². The molecule has 0 aliphatic carbocycles. The quantitative estimate of drug-likeness (QED) is 0.195. The molecule has 0 aromatic rings. The zero-order chi connectivity index (χ0) is 16.3. The van der Waals surface area contributed by atoms with E-state index in [4.69, 9.17) is 16.1 Å². The number of hydrogen-bond donors (Lipinski definition) is 2. The van der Waals surface area contributed by atoms with Gasteiger partial charge in [0, 0.05) is 6.08 Å². The van der Waals surface area contributed by atoms with Crippen molar-refractivity contribution in [1.82, 2.24) is 0 Å². The van der Waals surface area contributed by atoms with Crippen molar-refractivity contribution in [3.05, 3.63) is 11.6 Å². The standard InChI is InChI=1S/C9H7F3O5S.C2H6/c1-2-3-5(7(13)14)8(15)17-4-6(10)9(11,12)18-16;1-2/h1,3,6,16H,4H2,(H,13,14);1-2H3/b5-3-;. The lowest BCUT2D eigenvalue weighted by molar-refractivity contribution is -0.147. The zero-order valence-corrected chi connectivity index (χ0v) is 11.4. The van der Waals surface area contributed by atoms with Gasteiger partial charge in [0.25, 0.3) is 0 Å². The van der Waals surface area contributed by atoms with E-state index in [1.807, 2.05) is 13.8 Å². The summed E-state index contributed by atoms with van der Waals surface area (Å²) in [5.74, 6) is -1.56. The Morgan fingerprint density at radius 1 is 1.50 bits per heavy atom. The number of ether oxygens (including phenoxy) is 1. The molecule has 1 unspecified atom stereocenters. The summed E-state index contributed by atoms with van der Waals surface area (Å²) in [6.07, 6.45) is 2.27. The minimum Gasteiger partial charge on any atom is -0.477 e. The van der Waals surface area contributed by atoms with Gasteiger partial charge < -0.3 is 14.4 Å². The third-order valence-corrected chi connectivity index (χ3v) is 2.02. The predicted molar refractivity (Wildman–Crippen MR) is 66.9 cm³/mol. The maximum atomic E-state index is 12.8. The molecule has 2 N–H and O–H groups in total. The largest absolute Gasteiger partial charge is 0.477 e. The monoisotopic (exact) mass is 314 g/mol. The van der Waals surface area contributed by atoms with E-state index in [1.165, 1.54) is 0 Å². The van der Waals surface area contributed by atoms with Crippen LogP contribution in [-0.4, -0.2) is 39.6 Å². The van der Waals surface area contributed by atoms with E-state index >= 15 is 0 Å². The van der Waals surface area contributed by atoms with Gasteiger partial charge in [-0.2, -0.15) is 8.78 Å². The minimum absolute atomic E-state index is 0.539. The summed E-state index contributed by atoms with van der Waals surface area (Å²) in [6.45, 7) is 2.58. The van der Waals surface area contributed by atoms with Gasteiger partial charge in [-0.05, 0) is 0 Å². The summed E-state index contributed by atoms with van der Waals surface area (Å²) in [5.41, 5.74) is -0.996. The summed E-state index contributed by atoms with van der Waals surface area (Å²) in [6, 6.07) is 0. The van der Waals surface area contributed by atoms with E-state index in [9.17, 15) is 22.8 Å². The Morgan fingerprint density at radius 2 is 2.00 bits per heavy atom. The van der Waals surface area contributed by atoms with Gasteiger partial charge in [0.15, 0.2) is 5.57 Å². The number of aliphatic carboxylic acids is 1. The maximum absolute atomic E-state index is 12.8. The van der Waals surface area contributed by atoms with Gasteiger partial charge in [-0.1, -0.05) is 19.8 Å². The van der Waals surface area contributed by atoms with Crippen LogP contribution in [0, 0.1) is 12.3 Å². The van der Waals surface area contributed by atoms with Crippen molar-refractivity contribution in [3.8, 4) is 12.3 Å². The summed E-state index contributed by atoms with van der Waals surface area (Å²) in [7, 11) is 0. The lowest BCUT2D eigenvalue weighted by atomic mass is 10.2. The van der Waals surface area contributed by atoms with Gasteiger partial charge in [-0.15, -0.1) is 6.42 Å². The third kappa shape index (κ3) is 7.06. The van der Waals surface area contributed by atoms with Crippen LogP contribution in [0.4, 0.5) is 13.2 Å². The molecule has 0 fully saturated rings. The van der Waals surface area contributed by atoms with E-state index in [-0.39, 0.29) is 0 Å². The molecule has 0 amide bonds. The molecule has 0 aromatic carbocycles. The molecular formula is C11H13F3O5S. The van der Waals surface area contributed by atoms with Gasteiger partial charge in [0.2, 0.25) is 6.17 Å². The highest BCUT2D eigenvalue weighted by atomic mass is 32.2. The predicted octanol–water partition coefficient (Wildman–Crippen LogP) is 2.34. The first kappa shape index (κ1) is 20.7. The summed E-state index contributed by atoms with van der Waals surface area (Å²) in [4.78, 5) is 21.5. The average molecular weight is 314 g/mol. The van der Waals surface area contributed by atoms with Crippen LogP contribution in [-0.2, 0) is 14.3 Å². The highest BCUT2D eigenvalue weighted by Crippen LogP contribution is 2.32. The van der Waals surface area contributed by atoms with E-state index in [0.717, 1.165) is 0 Å². The molecule has 0 aromatic heterocycles. The van der Waals surface area contributed by atoms with Crippen LogP contribution in [0.25, 0.3) is 0 Å².